The first-order valence-corrected chi connectivity index (χ1v) is 6.08. The van der Waals surface area contributed by atoms with Crippen LogP contribution in [-0.4, -0.2) is 5.91 Å². The third kappa shape index (κ3) is 3.12. The van der Waals surface area contributed by atoms with Crippen molar-refractivity contribution in [1.29, 1.82) is 0 Å². The molecule has 2 aromatic carbocycles. The van der Waals surface area contributed by atoms with E-state index in [0.29, 0.717) is 5.69 Å². The fourth-order valence-corrected chi connectivity index (χ4v) is 1.81. The Morgan fingerprint density at radius 2 is 1.80 bits per heavy atom. The number of hydrogen-bond acceptors (Lipinski definition) is 2. The summed E-state index contributed by atoms with van der Waals surface area (Å²) in [6.45, 7) is 1.75. The van der Waals surface area contributed by atoms with E-state index < -0.39 is 17.5 Å². The predicted molar refractivity (Wildman–Crippen MR) is 73.1 cm³/mol. The molecule has 104 valence electrons. The van der Waals surface area contributed by atoms with Gasteiger partial charge in [-0.15, -0.1) is 0 Å². The number of carbonyl (C=O) groups is 1. The SMILES string of the molecule is CC(NC(=O)c1cc(F)ccc1F)c1ccc(N)cc1. The van der Waals surface area contributed by atoms with Crippen LogP contribution in [0.4, 0.5) is 14.5 Å². The van der Waals surface area contributed by atoms with Gasteiger partial charge in [-0.3, -0.25) is 4.79 Å². The Morgan fingerprint density at radius 1 is 1.15 bits per heavy atom. The second-order valence-electron chi connectivity index (χ2n) is 4.49. The summed E-state index contributed by atoms with van der Waals surface area (Å²) in [5.41, 5.74) is 6.70. The minimum Gasteiger partial charge on any atom is -0.399 e. The standard InChI is InChI=1S/C15H14F2N2O/c1-9(10-2-5-12(18)6-3-10)19-15(20)13-8-11(16)4-7-14(13)17/h2-9H,18H2,1H3,(H,19,20). The Kier molecular flexibility index (Phi) is 3.98. The first kappa shape index (κ1) is 14.0. The minimum absolute atomic E-state index is 0.313. The number of hydrogen-bond donors (Lipinski definition) is 2. The highest BCUT2D eigenvalue weighted by Gasteiger charge is 2.15. The van der Waals surface area contributed by atoms with Gasteiger partial charge >= 0.3 is 0 Å². The van der Waals surface area contributed by atoms with Crippen molar-refractivity contribution in [2.75, 3.05) is 5.73 Å². The predicted octanol–water partition coefficient (Wildman–Crippen LogP) is 3.04. The Bertz CT molecular complexity index is 626. The lowest BCUT2D eigenvalue weighted by atomic mass is 10.1. The van der Waals surface area contributed by atoms with Crippen molar-refractivity contribution in [2.24, 2.45) is 0 Å². The second kappa shape index (κ2) is 5.69. The van der Waals surface area contributed by atoms with Crippen molar-refractivity contribution >= 4 is 11.6 Å². The van der Waals surface area contributed by atoms with E-state index in [1.165, 1.54) is 0 Å². The molecule has 1 atom stereocenters. The van der Waals surface area contributed by atoms with E-state index >= 15 is 0 Å². The van der Waals surface area contributed by atoms with E-state index in [4.69, 9.17) is 5.73 Å². The molecule has 0 aliphatic carbocycles. The van der Waals surface area contributed by atoms with Crippen LogP contribution in [0.25, 0.3) is 0 Å². The van der Waals surface area contributed by atoms with Crippen molar-refractivity contribution in [2.45, 2.75) is 13.0 Å². The third-order valence-corrected chi connectivity index (χ3v) is 2.96. The first-order valence-electron chi connectivity index (χ1n) is 6.08. The number of rotatable bonds is 3. The fraction of sp³-hybridized carbons (Fsp3) is 0.133. The van der Waals surface area contributed by atoms with Gasteiger partial charge in [0.15, 0.2) is 0 Å². The number of benzene rings is 2. The summed E-state index contributed by atoms with van der Waals surface area (Å²) in [4.78, 5) is 11.9. The highest BCUT2D eigenvalue weighted by molar-refractivity contribution is 5.94. The lowest BCUT2D eigenvalue weighted by molar-refractivity contribution is 0.0935. The van der Waals surface area contributed by atoms with Crippen LogP contribution < -0.4 is 11.1 Å². The molecule has 0 spiro atoms. The van der Waals surface area contributed by atoms with Gasteiger partial charge in [0.05, 0.1) is 11.6 Å². The fourth-order valence-electron chi connectivity index (χ4n) is 1.81. The number of carbonyl (C=O) groups excluding carboxylic acids is 1. The zero-order chi connectivity index (χ0) is 14.7. The number of amides is 1. The van der Waals surface area contributed by atoms with Crippen LogP contribution in [0, 0.1) is 11.6 Å². The molecular formula is C15H14F2N2O. The average Bonchev–Trinajstić information content (AvgIpc) is 2.42. The largest absolute Gasteiger partial charge is 0.399 e. The highest BCUT2D eigenvalue weighted by atomic mass is 19.1. The third-order valence-electron chi connectivity index (χ3n) is 2.96. The zero-order valence-electron chi connectivity index (χ0n) is 10.9. The van der Waals surface area contributed by atoms with Crippen LogP contribution in [0.5, 0.6) is 0 Å². The lowest BCUT2D eigenvalue weighted by Crippen LogP contribution is -2.27. The van der Waals surface area contributed by atoms with E-state index in [2.05, 4.69) is 5.32 Å². The van der Waals surface area contributed by atoms with Crippen molar-refractivity contribution in [3.63, 3.8) is 0 Å². The van der Waals surface area contributed by atoms with Crippen molar-refractivity contribution in [1.82, 2.24) is 5.32 Å². The van der Waals surface area contributed by atoms with Gasteiger partial charge in [0.25, 0.3) is 5.91 Å². The lowest BCUT2D eigenvalue weighted by Gasteiger charge is -2.15. The molecule has 0 aliphatic heterocycles. The zero-order valence-corrected chi connectivity index (χ0v) is 10.9. The van der Waals surface area contributed by atoms with Gasteiger partial charge in [-0.05, 0) is 42.8 Å². The van der Waals surface area contributed by atoms with Gasteiger partial charge in [0, 0.05) is 5.69 Å². The number of nitrogen functional groups attached to an aromatic ring is 1. The van der Waals surface area contributed by atoms with Crippen molar-refractivity contribution < 1.29 is 13.6 Å². The molecule has 0 fully saturated rings. The van der Waals surface area contributed by atoms with E-state index in [0.717, 1.165) is 23.8 Å². The molecule has 0 bridgehead atoms. The second-order valence-corrected chi connectivity index (χ2v) is 4.49. The number of nitrogens with two attached hydrogens (primary N) is 1. The summed E-state index contributed by atoms with van der Waals surface area (Å²) in [7, 11) is 0. The van der Waals surface area contributed by atoms with Gasteiger partial charge in [-0.25, -0.2) is 8.78 Å². The smallest absolute Gasteiger partial charge is 0.254 e. The van der Waals surface area contributed by atoms with Crippen LogP contribution in [0.1, 0.15) is 28.9 Å². The maximum atomic E-state index is 13.5. The summed E-state index contributed by atoms with van der Waals surface area (Å²) in [5.74, 6) is -2.07. The summed E-state index contributed by atoms with van der Waals surface area (Å²) in [6, 6.07) is 9.38. The minimum atomic E-state index is -0.756. The number of anilines is 1. The molecule has 2 aromatic rings. The number of halogens is 2. The normalized spacial score (nSPS) is 11.9. The van der Waals surface area contributed by atoms with Gasteiger partial charge in [0.1, 0.15) is 11.6 Å². The van der Waals surface area contributed by atoms with Crippen LogP contribution in [0.2, 0.25) is 0 Å². The molecule has 0 aliphatic rings. The molecule has 3 nitrogen and oxygen atoms in total. The maximum absolute atomic E-state index is 13.5. The van der Waals surface area contributed by atoms with E-state index in [-0.39, 0.29) is 11.6 Å². The van der Waals surface area contributed by atoms with Gasteiger partial charge in [-0.1, -0.05) is 12.1 Å². The first-order chi connectivity index (χ1) is 9.47. The molecule has 0 radical (unpaired) electrons. The van der Waals surface area contributed by atoms with Crippen LogP contribution in [0.3, 0.4) is 0 Å². The van der Waals surface area contributed by atoms with Crippen molar-refractivity contribution in [3.8, 4) is 0 Å². The summed E-state index contributed by atoms with van der Waals surface area (Å²) < 4.78 is 26.5. The maximum Gasteiger partial charge on any atom is 0.254 e. The Hall–Kier alpha value is -2.43. The average molecular weight is 276 g/mol. The monoisotopic (exact) mass is 276 g/mol. The quantitative estimate of drug-likeness (QED) is 0.847. The highest BCUT2D eigenvalue weighted by Crippen LogP contribution is 2.16. The van der Waals surface area contributed by atoms with Gasteiger partial charge in [0.2, 0.25) is 0 Å². The van der Waals surface area contributed by atoms with Crippen molar-refractivity contribution in [3.05, 3.63) is 65.2 Å². The van der Waals surface area contributed by atoms with E-state index in [1.807, 2.05) is 0 Å². The molecule has 1 unspecified atom stereocenters. The molecule has 0 saturated heterocycles. The Balaban J connectivity index is 2.15. The van der Waals surface area contributed by atoms with Crippen LogP contribution >= 0.6 is 0 Å². The Labute approximate surface area is 115 Å². The Morgan fingerprint density at radius 3 is 2.45 bits per heavy atom. The van der Waals surface area contributed by atoms with E-state index in [1.54, 1.807) is 31.2 Å². The molecule has 5 heteroatoms. The molecule has 0 saturated carbocycles. The molecule has 0 aromatic heterocycles. The molecule has 20 heavy (non-hydrogen) atoms. The molecule has 1 amide bonds. The molecule has 0 heterocycles. The van der Waals surface area contributed by atoms with Crippen LogP contribution in [-0.2, 0) is 0 Å². The van der Waals surface area contributed by atoms with Gasteiger partial charge < -0.3 is 11.1 Å². The van der Waals surface area contributed by atoms with Gasteiger partial charge in [-0.2, -0.15) is 0 Å². The number of nitrogens with one attached hydrogen (secondary N) is 1. The summed E-state index contributed by atoms with van der Waals surface area (Å²) in [5, 5.41) is 2.61. The van der Waals surface area contributed by atoms with E-state index in [9.17, 15) is 13.6 Å². The molecule has 2 rings (SSSR count). The van der Waals surface area contributed by atoms with Crippen LogP contribution in [0.15, 0.2) is 42.5 Å². The topological polar surface area (TPSA) is 55.1 Å². The molecule has 3 N–H and O–H groups in total. The summed E-state index contributed by atoms with van der Waals surface area (Å²) in [6.07, 6.45) is 0. The summed E-state index contributed by atoms with van der Waals surface area (Å²) >= 11 is 0. The molecular weight excluding hydrogens is 262 g/mol.